The highest BCUT2D eigenvalue weighted by Crippen LogP contribution is 2.15. The van der Waals surface area contributed by atoms with E-state index in [4.69, 9.17) is 11.6 Å². The van der Waals surface area contributed by atoms with E-state index in [1.54, 1.807) is 37.3 Å². The van der Waals surface area contributed by atoms with E-state index < -0.39 is 15.9 Å². The van der Waals surface area contributed by atoms with Gasteiger partial charge in [0.25, 0.3) is 5.91 Å². The Morgan fingerprint density at radius 1 is 1.19 bits per heavy atom. The minimum atomic E-state index is -3.74. The average Bonchev–Trinajstić information content (AvgIpc) is 2.60. The second-order valence-corrected chi connectivity index (χ2v) is 8.30. The number of sulfonamides is 1. The van der Waals surface area contributed by atoms with Crippen molar-refractivity contribution < 1.29 is 13.2 Å². The molecule has 0 atom stereocenters. The summed E-state index contributed by atoms with van der Waals surface area (Å²) in [6.07, 6.45) is 0. The van der Waals surface area contributed by atoms with Gasteiger partial charge in [-0.3, -0.25) is 4.79 Å². The van der Waals surface area contributed by atoms with E-state index in [9.17, 15) is 13.2 Å². The Balaban J connectivity index is 2.02. The van der Waals surface area contributed by atoms with Crippen molar-refractivity contribution in [2.75, 3.05) is 13.6 Å². The van der Waals surface area contributed by atoms with Gasteiger partial charge in [0.05, 0.1) is 17.2 Å². The lowest BCUT2D eigenvalue weighted by Crippen LogP contribution is -2.36. The Kier molecular flexibility index (Phi) is 6.52. The SMILES string of the molecule is C/C(=N/NC(=O)CN(C)S(=O)(=O)c1ccc(C)cc1)c1cccc(Cl)c1. The molecule has 0 aliphatic carbocycles. The normalized spacial score (nSPS) is 12.3. The zero-order valence-corrected chi connectivity index (χ0v) is 16.3. The minimum absolute atomic E-state index is 0.136. The fourth-order valence-corrected chi connectivity index (χ4v) is 3.45. The van der Waals surface area contributed by atoms with Gasteiger partial charge in [0.1, 0.15) is 0 Å². The van der Waals surface area contributed by atoms with E-state index in [0.29, 0.717) is 10.7 Å². The van der Waals surface area contributed by atoms with Crippen molar-refractivity contribution in [3.05, 3.63) is 64.7 Å². The molecular weight excluding hydrogens is 374 g/mol. The molecule has 26 heavy (non-hydrogen) atoms. The van der Waals surface area contributed by atoms with Crippen LogP contribution in [-0.4, -0.2) is 37.9 Å². The molecule has 0 radical (unpaired) electrons. The van der Waals surface area contributed by atoms with Crippen molar-refractivity contribution in [2.45, 2.75) is 18.7 Å². The molecule has 1 amide bonds. The predicted octanol–water partition coefficient (Wildman–Crippen LogP) is 2.81. The smallest absolute Gasteiger partial charge is 0.255 e. The summed E-state index contributed by atoms with van der Waals surface area (Å²) in [7, 11) is -2.39. The van der Waals surface area contributed by atoms with Crippen LogP contribution in [0, 0.1) is 6.92 Å². The largest absolute Gasteiger partial charge is 0.272 e. The second-order valence-electron chi connectivity index (χ2n) is 5.82. The van der Waals surface area contributed by atoms with Crippen molar-refractivity contribution in [1.82, 2.24) is 9.73 Å². The molecule has 138 valence electrons. The summed E-state index contributed by atoms with van der Waals surface area (Å²) in [5.74, 6) is -0.537. The number of benzene rings is 2. The van der Waals surface area contributed by atoms with Crippen LogP contribution >= 0.6 is 11.6 Å². The van der Waals surface area contributed by atoms with Gasteiger partial charge in [0.2, 0.25) is 10.0 Å². The molecule has 6 nitrogen and oxygen atoms in total. The highest BCUT2D eigenvalue weighted by Gasteiger charge is 2.22. The van der Waals surface area contributed by atoms with Crippen LogP contribution in [0.15, 0.2) is 58.5 Å². The van der Waals surface area contributed by atoms with Crippen LogP contribution in [0.2, 0.25) is 5.02 Å². The Labute approximate surface area is 158 Å². The standard InChI is InChI=1S/C18H20ClN3O3S/c1-13-7-9-17(10-8-13)26(24,25)22(3)12-18(23)21-20-14(2)15-5-4-6-16(19)11-15/h4-11H,12H2,1-3H3,(H,21,23)/b20-14-. The van der Waals surface area contributed by atoms with E-state index in [-0.39, 0.29) is 11.4 Å². The Bertz CT molecular complexity index is 925. The van der Waals surface area contributed by atoms with Crippen LogP contribution in [0.25, 0.3) is 0 Å². The molecule has 0 saturated heterocycles. The molecule has 0 unspecified atom stereocenters. The molecule has 0 spiro atoms. The molecule has 2 rings (SSSR count). The summed E-state index contributed by atoms with van der Waals surface area (Å²) in [4.78, 5) is 12.2. The maximum absolute atomic E-state index is 12.5. The zero-order chi connectivity index (χ0) is 19.3. The topological polar surface area (TPSA) is 78.8 Å². The number of likely N-dealkylation sites (N-methyl/N-ethyl adjacent to an activating group) is 1. The molecule has 0 aliphatic heterocycles. The monoisotopic (exact) mass is 393 g/mol. The zero-order valence-electron chi connectivity index (χ0n) is 14.7. The first-order chi connectivity index (χ1) is 12.2. The van der Waals surface area contributed by atoms with Crippen LogP contribution in [0.1, 0.15) is 18.1 Å². The van der Waals surface area contributed by atoms with E-state index >= 15 is 0 Å². The van der Waals surface area contributed by atoms with Crippen LogP contribution in [-0.2, 0) is 14.8 Å². The van der Waals surface area contributed by atoms with Crippen LogP contribution in [0.4, 0.5) is 0 Å². The number of hydrazone groups is 1. The van der Waals surface area contributed by atoms with E-state index in [1.165, 1.54) is 19.2 Å². The first-order valence-corrected chi connectivity index (χ1v) is 9.64. The first-order valence-electron chi connectivity index (χ1n) is 7.82. The summed E-state index contributed by atoms with van der Waals surface area (Å²) in [5.41, 5.74) is 4.64. The Morgan fingerprint density at radius 2 is 1.85 bits per heavy atom. The number of hydrogen-bond donors (Lipinski definition) is 1. The first kappa shape index (κ1) is 20.1. The van der Waals surface area contributed by atoms with Gasteiger partial charge in [0.15, 0.2) is 0 Å². The Morgan fingerprint density at radius 3 is 2.46 bits per heavy atom. The quantitative estimate of drug-likeness (QED) is 0.605. The lowest BCUT2D eigenvalue weighted by Gasteiger charge is -2.16. The fourth-order valence-electron chi connectivity index (χ4n) is 2.14. The van der Waals surface area contributed by atoms with Crippen molar-refractivity contribution in [3.63, 3.8) is 0 Å². The predicted molar refractivity (Wildman–Crippen MR) is 103 cm³/mol. The molecule has 0 bridgehead atoms. The Hall–Kier alpha value is -2.22. The maximum atomic E-state index is 12.5. The van der Waals surface area contributed by atoms with E-state index in [0.717, 1.165) is 15.4 Å². The summed E-state index contributed by atoms with van der Waals surface area (Å²) in [5, 5.41) is 4.55. The van der Waals surface area contributed by atoms with Crippen molar-refractivity contribution >= 4 is 33.2 Å². The van der Waals surface area contributed by atoms with Gasteiger partial charge < -0.3 is 0 Å². The third-order valence-corrected chi connectivity index (χ3v) is 5.74. The number of aryl methyl sites for hydroxylation is 1. The molecule has 0 saturated carbocycles. The molecule has 0 fully saturated rings. The van der Waals surface area contributed by atoms with Crippen molar-refractivity contribution in [2.24, 2.45) is 5.10 Å². The number of carbonyl (C=O) groups is 1. The van der Waals surface area contributed by atoms with Crippen molar-refractivity contribution in [1.29, 1.82) is 0 Å². The molecular formula is C18H20ClN3O3S. The minimum Gasteiger partial charge on any atom is -0.272 e. The second kappa shape index (κ2) is 8.44. The van der Waals surface area contributed by atoms with Crippen LogP contribution < -0.4 is 5.43 Å². The number of carbonyl (C=O) groups excluding carboxylic acids is 1. The molecule has 0 aliphatic rings. The van der Waals surface area contributed by atoms with E-state index in [2.05, 4.69) is 10.5 Å². The van der Waals surface area contributed by atoms with Gasteiger partial charge in [-0.25, -0.2) is 13.8 Å². The summed E-state index contributed by atoms with van der Waals surface area (Å²) in [6.45, 7) is 3.25. The number of rotatable bonds is 6. The van der Waals surface area contributed by atoms with Gasteiger partial charge in [-0.2, -0.15) is 9.41 Å². The molecule has 0 heterocycles. The van der Waals surface area contributed by atoms with Crippen LogP contribution in [0.3, 0.4) is 0 Å². The molecule has 2 aromatic carbocycles. The van der Waals surface area contributed by atoms with Gasteiger partial charge in [0, 0.05) is 12.1 Å². The summed E-state index contributed by atoms with van der Waals surface area (Å²) >= 11 is 5.92. The molecule has 2 aromatic rings. The lowest BCUT2D eigenvalue weighted by atomic mass is 10.1. The molecule has 8 heteroatoms. The summed E-state index contributed by atoms with van der Waals surface area (Å²) < 4.78 is 25.9. The number of amides is 1. The number of nitrogens with zero attached hydrogens (tertiary/aromatic N) is 2. The third kappa shape index (κ3) is 5.14. The van der Waals surface area contributed by atoms with E-state index in [1.807, 2.05) is 13.0 Å². The van der Waals surface area contributed by atoms with Gasteiger partial charge >= 0.3 is 0 Å². The van der Waals surface area contributed by atoms with Gasteiger partial charge in [-0.05, 0) is 43.7 Å². The fraction of sp³-hybridized carbons (Fsp3) is 0.222. The lowest BCUT2D eigenvalue weighted by molar-refractivity contribution is -0.121. The van der Waals surface area contributed by atoms with Gasteiger partial charge in [-0.15, -0.1) is 0 Å². The third-order valence-electron chi connectivity index (χ3n) is 3.69. The number of halogens is 1. The van der Waals surface area contributed by atoms with Crippen molar-refractivity contribution in [3.8, 4) is 0 Å². The van der Waals surface area contributed by atoms with Crippen LogP contribution in [0.5, 0.6) is 0 Å². The maximum Gasteiger partial charge on any atom is 0.255 e. The average molecular weight is 394 g/mol. The molecule has 1 N–H and O–H groups in total. The highest BCUT2D eigenvalue weighted by atomic mass is 35.5. The number of hydrogen-bond acceptors (Lipinski definition) is 4. The molecule has 0 aromatic heterocycles. The number of nitrogens with one attached hydrogen (secondary N) is 1. The van der Waals surface area contributed by atoms with Gasteiger partial charge in [-0.1, -0.05) is 41.4 Å². The summed E-state index contributed by atoms with van der Waals surface area (Å²) in [6, 6.07) is 13.5. The highest BCUT2D eigenvalue weighted by molar-refractivity contribution is 7.89.